The molecular weight excluding hydrogens is 482 g/mol. The Labute approximate surface area is 222 Å². The van der Waals surface area contributed by atoms with Gasteiger partial charge in [-0.1, -0.05) is 66.7 Å². The Morgan fingerprint density at radius 2 is 1.21 bits per heavy atom. The van der Waals surface area contributed by atoms with E-state index in [4.69, 9.17) is 14.2 Å². The van der Waals surface area contributed by atoms with Crippen LogP contribution >= 0.6 is 0 Å². The van der Waals surface area contributed by atoms with Gasteiger partial charge < -0.3 is 29.3 Å². The van der Waals surface area contributed by atoms with Crippen molar-refractivity contribution < 1.29 is 29.2 Å². The molecule has 0 aromatic heterocycles. The third-order valence-corrected chi connectivity index (χ3v) is 5.73. The van der Waals surface area contributed by atoms with E-state index in [-0.39, 0.29) is 32.1 Å². The predicted octanol–water partition coefficient (Wildman–Crippen LogP) is 4.94. The average molecular weight is 514 g/mol. The standard InChI is InChI=1S/C31H31NO6/c33-25(22-36-26-14-6-2-7-15-26)20-32(29-18-10-11-19-30(29)34)21-28(23-37-27-16-8-3-9-17-27)38-31(35)24-12-4-1-5-13-24/h1-19,25,28,33-34H,20-23H2. The third kappa shape index (κ3) is 8.01. The first-order chi connectivity index (χ1) is 18.6. The van der Waals surface area contributed by atoms with Crippen LogP contribution in [-0.4, -0.2) is 54.7 Å². The molecule has 2 unspecified atom stereocenters. The SMILES string of the molecule is O=C(OC(COc1ccccc1)CN(CC(O)COc1ccccc1)c1ccccc1O)c1ccccc1. The molecule has 0 bridgehead atoms. The van der Waals surface area contributed by atoms with Crippen LogP contribution in [0.3, 0.4) is 0 Å². The second kappa shape index (κ2) is 13.7. The van der Waals surface area contributed by atoms with Crippen molar-refractivity contribution in [2.45, 2.75) is 12.2 Å². The molecule has 38 heavy (non-hydrogen) atoms. The minimum Gasteiger partial charge on any atom is -0.506 e. The summed E-state index contributed by atoms with van der Waals surface area (Å²) in [5.74, 6) is 0.837. The summed E-state index contributed by atoms with van der Waals surface area (Å²) in [5, 5.41) is 21.4. The zero-order valence-electron chi connectivity index (χ0n) is 20.9. The van der Waals surface area contributed by atoms with E-state index in [0.29, 0.717) is 22.7 Å². The van der Waals surface area contributed by atoms with Crippen molar-refractivity contribution in [2.75, 3.05) is 31.2 Å². The quantitative estimate of drug-likeness (QED) is 0.245. The number of phenols is 1. The Bertz CT molecular complexity index is 1250. The Morgan fingerprint density at radius 1 is 0.684 bits per heavy atom. The molecule has 7 heteroatoms. The lowest BCUT2D eigenvalue weighted by atomic mass is 10.2. The summed E-state index contributed by atoms with van der Waals surface area (Å²) in [5.41, 5.74) is 0.911. The van der Waals surface area contributed by atoms with Crippen LogP contribution in [0.2, 0.25) is 0 Å². The highest BCUT2D eigenvalue weighted by Crippen LogP contribution is 2.27. The Morgan fingerprint density at radius 3 is 1.82 bits per heavy atom. The van der Waals surface area contributed by atoms with Gasteiger partial charge in [-0.25, -0.2) is 4.79 Å². The number of rotatable bonds is 13. The fraction of sp³-hybridized carbons (Fsp3) is 0.194. The Hall–Kier alpha value is -4.49. The van der Waals surface area contributed by atoms with Crippen molar-refractivity contribution in [1.82, 2.24) is 0 Å². The molecule has 196 valence electrons. The number of nitrogens with zero attached hydrogens (tertiary/aromatic N) is 1. The van der Waals surface area contributed by atoms with Gasteiger partial charge in [-0.05, 0) is 48.5 Å². The summed E-state index contributed by atoms with van der Waals surface area (Å²) in [6.07, 6.45) is -1.61. The van der Waals surface area contributed by atoms with Gasteiger partial charge in [-0.15, -0.1) is 0 Å². The number of aromatic hydroxyl groups is 1. The number of phenolic OH excluding ortho intramolecular Hbond substituents is 1. The van der Waals surface area contributed by atoms with E-state index in [1.165, 1.54) is 0 Å². The Kier molecular flexibility index (Phi) is 9.59. The first-order valence-corrected chi connectivity index (χ1v) is 12.4. The van der Waals surface area contributed by atoms with Gasteiger partial charge in [0.2, 0.25) is 0 Å². The summed E-state index contributed by atoms with van der Waals surface area (Å²) >= 11 is 0. The van der Waals surface area contributed by atoms with Crippen LogP contribution in [-0.2, 0) is 4.74 Å². The van der Waals surface area contributed by atoms with Crippen molar-refractivity contribution >= 4 is 11.7 Å². The number of carbonyl (C=O) groups is 1. The van der Waals surface area contributed by atoms with Crippen molar-refractivity contribution in [3.05, 3.63) is 121 Å². The summed E-state index contributed by atoms with van der Waals surface area (Å²) < 4.78 is 17.5. The number of hydrogen-bond acceptors (Lipinski definition) is 7. The van der Waals surface area contributed by atoms with Crippen molar-refractivity contribution in [3.8, 4) is 17.2 Å². The molecule has 0 radical (unpaired) electrons. The van der Waals surface area contributed by atoms with Crippen molar-refractivity contribution in [3.63, 3.8) is 0 Å². The third-order valence-electron chi connectivity index (χ3n) is 5.73. The van der Waals surface area contributed by atoms with E-state index in [1.54, 1.807) is 53.4 Å². The van der Waals surface area contributed by atoms with Gasteiger partial charge in [-0.3, -0.25) is 0 Å². The maximum absolute atomic E-state index is 12.9. The molecule has 0 amide bonds. The number of carbonyl (C=O) groups excluding carboxylic acids is 1. The number of esters is 1. The van der Waals surface area contributed by atoms with Crippen molar-refractivity contribution in [1.29, 1.82) is 0 Å². The highest BCUT2D eigenvalue weighted by molar-refractivity contribution is 5.89. The average Bonchev–Trinajstić information content (AvgIpc) is 2.96. The molecule has 4 aromatic carbocycles. The zero-order chi connectivity index (χ0) is 26.6. The van der Waals surface area contributed by atoms with E-state index in [2.05, 4.69) is 0 Å². The summed E-state index contributed by atoms with van der Waals surface area (Å²) in [4.78, 5) is 14.7. The van der Waals surface area contributed by atoms with Gasteiger partial charge in [0.1, 0.15) is 36.6 Å². The fourth-order valence-electron chi connectivity index (χ4n) is 3.89. The van der Waals surface area contributed by atoms with Crippen LogP contribution in [0, 0.1) is 0 Å². The largest absolute Gasteiger partial charge is 0.506 e. The maximum Gasteiger partial charge on any atom is 0.338 e. The molecule has 0 spiro atoms. The van der Waals surface area contributed by atoms with Crippen LogP contribution in [0.25, 0.3) is 0 Å². The topological polar surface area (TPSA) is 88.5 Å². The molecule has 0 fully saturated rings. The van der Waals surface area contributed by atoms with E-state index in [0.717, 1.165) is 0 Å². The van der Waals surface area contributed by atoms with Crippen LogP contribution in [0.1, 0.15) is 10.4 Å². The van der Waals surface area contributed by atoms with Gasteiger partial charge in [0, 0.05) is 6.54 Å². The Balaban J connectivity index is 1.51. The van der Waals surface area contributed by atoms with E-state index >= 15 is 0 Å². The molecule has 2 atom stereocenters. The molecule has 2 N–H and O–H groups in total. The van der Waals surface area contributed by atoms with E-state index in [9.17, 15) is 15.0 Å². The van der Waals surface area contributed by atoms with E-state index in [1.807, 2.05) is 66.7 Å². The highest BCUT2D eigenvalue weighted by atomic mass is 16.6. The summed E-state index contributed by atoms with van der Waals surface area (Å²) in [7, 11) is 0. The van der Waals surface area contributed by atoms with Crippen LogP contribution in [0.15, 0.2) is 115 Å². The van der Waals surface area contributed by atoms with Gasteiger partial charge in [0.05, 0.1) is 17.8 Å². The molecule has 4 rings (SSSR count). The smallest absolute Gasteiger partial charge is 0.338 e. The first kappa shape index (κ1) is 26.6. The number of anilines is 1. The molecule has 4 aromatic rings. The minimum atomic E-state index is -0.893. The number of benzene rings is 4. The number of aliphatic hydroxyl groups is 1. The lowest BCUT2D eigenvalue weighted by Gasteiger charge is -2.31. The first-order valence-electron chi connectivity index (χ1n) is 12.4. The van der Waals surface area contributed by atoms with Gasteiger partial charge >= 0.3 is 5.97 Å². The highest BCUT2D eigenvalue weighted by Gasteiger charge is 2.24. The zero-order valence-corrected chi connectivity index (χ0v) is 20.9. The number of aliphatic hydroxyl groups excluding tert-OH is 1. The van der Waals surface area contributed by atoms with Crippen LogP contribution in [0.5, 0.6) is 17.2 Å². The molecule has 0 aliphatic heterocycles. The number of hydrogen-bond donors (Lipinski definition) is 2. The van der Waals surface area contributed by atoms with Crippen molar-refractivity contribution in [2.24, 2.45) is 0 Å². The molecule has 0 heterocycles. The number of para-hydroxylation sites is 4. The monoisotopic (exact) mass is 513 g/mol. The van der Waals surface area contributed by atoms with E-state index < -0.39 is 18.2 Å². The minimum absolute atomic E-state index is 0.0424. The summed E-state index contributed by atoms with van der Waals surface area (Å²) in [6.45, 7) is 0.396. The molecule has 7 nitrogen and oxygen atoms in total. The second-order valence-corrected chi connectivity index (χ2v) is 8.69. The molecule has 0 saturated heterocycles. The predicted molar refractivity (Wildman–Crippen MR) is 146 cm³/mol. The molecule has 0 aliphatic rings. The second-order valence-electron chi connectivity index (χ2n) is 8.69. The molecule has 0 saturated carbocycles. The fourth-order valence-corrected chi connectivity index (χ4v) is 3.89. The lowest BCUT2D eigenvalue weighted by molar-refractivity contribution is 0.0188. The number of ether oxygens (including phenoxy) is 3. The lowest BCUT2D eigenvalue weighted by Crippen LogP contribution is -2.43. The summed E-state index contributed by atoms with van der Waals surface area (Å²) in [6, 6.07) is 34.0. The van der Waals surface area contributed by atoms with Gasteiger partial charge in [-0.2, -0.15) is 0 Å². The molecule has 0 aliphatic carbocycles. The van der Waals surface area contributed by atoms with Crippen LogP contribution < -0.4 is 14.4 Å². The normalized spacial score (nSPS) is 12.2. The van der Waals surface area contributed by atoms with Crippen LogP contribution in [0.4, 0.5) is 5.69 Å². The van der Waals surface area contributed by atoms with Gasteiger partial charge in [0.25, 0.3) is 0 Å². The molecular formula is C31H31NO6. The van der Waals surface area contributed by atoms with Gasteiger partial charge in [0.15, 0.2) is 6.10 Å². The maximum atomic E-state index is 12.9.